The van der Waals surface area contributed by atoms with Crippen molar-refractivity contribution >= 4 is 0 Å². The van der Waals surface area contributed by atoms with E-state index in [1.807, 2.05) is 12.2 Å². The van der Waals surface area contributed by atoms with E-state index in [0.29, 0.717) is 5.92 Å². The lowest BCUT2D eigenvalue weighted by Gasteiger charge is -2.04. The molecule has 2 rings (SSSR count). The number of fused-ring (bicyclic) bond motifs is 1. The molecule has 1 fully saturated rings. The molecule has 2 nitrogen and oxygen atoms in total. The Balaban J connectivity index is 2.24. The largest absolute Gasteiger partial charge is 0.312 e. The minimum absolute atomic E-state index is 0.320. The van der Waals surface area contributed by atoms with E-state index in [2.05, 4.69) is 12.2 Å². The number of hydrogen-bond acceptors (Lipinski definition) is 2. The molecule has 0 aliphatic heterocycles. The molecule has 1 saturated carbocycles. The Bertz CT molecular complexity index is 259. The van der Waals surface area contributed by atoms with Crippen LogP contribution >= 0.6 is 0 Å². The Morgan fingerprint density at radius 1 is 1.45 bits per heavy atom. The van der Waals surface area contributed by atoms with Gasteiger partial charge in [-0.05, 0) is 12.0 Å². The third kappa shape index (κ3) is 1.27. The summed E-state index contributed by atoms with van der Waals surface area (Å²) in [6.45, 7) is 0. The molecule has 0 aromatic heterocycles. The Morgan fingerprint density at radius 2 is 2.27 bits per heavy atom. The van der Waals surface area contributed by atoms with Gasteiger partial charge in [-0.15, -0.1) is 0 Å². The summed E-state index contributed by atoms with van der Waals surface area (Å²) in [5, 5.41) is 0. The van der Waals surface area contributed by atoms with Gasteiger partial charge >= 0.3 is 0 Å². The lowest BCUT2D eigenvalue weighted by Crippen LogP contribution is -2.31. The van der Waals surface area contributed by atoms with Crippen molar-refractivity contribution in [3.05, 3.63) is 35.5 Å². The maximum atomic E-state index is 5.55. The number of hydrogen-bond donors (Lipinski definition) is 2. The van der Waals surface area contributed by atoms with Crippen molar-refractivity contribution in [2.75, 3.05) is 0 Å². The van der Waals surface area contributed by atoms with Gasteiger partial charge in [0.1, 0.15) is 0 Å². The second kappa shape index (κ2) is 2.32. The topological polar surface area (TPSA) is 52.0 Å². The molecule has 58 valence electrons. The van der Waals surface area contributed by atoms with Crippen molar-refractivity contribution in [2.24, 2.45) is 17.4 Å². The minimum atomic E-state index is -0.320. The Kier molecular flexibility index (Phi) is 1.44. The maximum Gasteiger partial charge on any atom is 0.0781 e. The zero-order chi connectivity index (χ0) is 7.84. The molecule has 1 atom stereocenters. The van der Waals surface area contributed by atoms with Crippen molar-refractivity contribution in [2.45, 2.75) is 12.6 Å². The van der Waals surface area contributed by atoms with Crippen LogP contribution in [0.15, 0.2) is 35.5 Å². The zero-order valence-electron chi connectivity index (χ0n) is 6.33. The molecule has 0 aromatic carbocycles. The van der Waals surface area contributed by atoms with Gasteiger partial charge in [0.05, 0.1) is 6.17 Å². The minimum Gasteiger partial charge on any atom is -0.312 e. The van der Waals surface area contributed by atoms with Crippen LogP contribution in [0.1, 0.15) is 6.42 Å². The average molecular weight is 148 g/mol. The fourth-order valence-corrected chi connectivity index (χ4v) is 1.35. The van der Waals surface area contributed by atoms with Crippen LogP contribution in [-0.4, -0.2) is 6.17 Å². The van der Waals surface area contributed by atoms with Crippen LogP contribution in [0.2, 0.25) is 0 Å². The molecule has 4 N–H and O–H groups in total. The van der Waals surface area contributed by atoms with Gasteiger partial charge in [-0.25, -0.2) is 0 Å². The molecule has 0 saturated heterocycles. The molecule has 0 amide bonds. The lowest BCUT2D eigenvalue weighted by molar-refractivity contribution is 0.830. The molecule has 0 spiro atoms. The van der Waals surface area contributed by atoms with Gasteiger partial charge in [0, 0.05) is 5.92 Å². The molecular formula is C9H12N2. The highest BCUT2D eigenvalue weighted by Crippen LogP contribution is 2.40. The SMILES string of the molecule is NC(N)C1=CC2CC2=CC=C1. The Labute approximate surface area is 66.3 Å². The van der Waals surface area contributed by atoms with Crippen molar-refractivity contribution in [3.8, 4) is 0 Å². The number of rotatable bonds is 1. The molecular weight excluding hydrogens is 136 g/mol. The Morgan fingerprint density at radius 3 is 3.00 bits per heavy atom. The molecule has 0 radical (unpaired) electrons. The summed E-state index contributed by atoms with van der Waals surface area (Å²) in [6.07, 6.45) is 9.21. The second-order valence-electron chi connectivity index (χ2n) is 3.10. The fourth-order valence-electron chi connectivity index (χ4n) is 1.35. The highest BCUT2D eigenvalue weighted by Gasteiger charge is 2.28. The van der Waals surface area contributed by atoms with Gasteiger partial charge in [0.2, 0.25) is 0 Å². The normalized spacial score (nSPS) is 27.4. The summed E-state index contributed by atoms with van der Waals surface area (Å²) >= 11 is 0. The number of nitrogens with two attached hydrogens (primary N) is 2. The first-order valence-corrected chi connectivity index (χ1v) is 3.87. The third-order valence-electron chi connectivity index (χ3n) is 2.15. The molecule has 2 aliphatic rings. The van der Waals surface area contributed by atoms with Gasteiger partial charge in [-0.1, -0.05) is 29.9 Å². The first-order chi connectivity index (χ1) is 5.27. The van der Waals surface area contributed by atoms with Crippen molar-refractivity contribution in [1.29, 1.82) is 0 Å². The van der Waals surface area contributed by atoms with Gasteiger partial charge in [-0.2, -0.15) is 0 Å². The first kappa shape index (κ1) is 6.83. The molecule has 0 heterocycles. The summed E-state index contributed by atoms with van der Waals surface area (Å²) in [5.74, 6) is 0.634. The molecule has 1 unspecified atom stereocenters. The summed E-state index contributed by atoms with van der Waals surface area (Å²) in [5.41, 5.74) is 13.7. The van der Waals surface area contributed by atoms with Gasteiger partial charge < -0.3 is 11.5 Å². The monoisotopic (exact) mass is 148 g/mol. The van der Waals surface area contributed by atoms with Crippen LogP contribution in [0.3, 0.4) is 0 Å². The van der Waals surface area contributed by atoms with Crippen LogP contribution in [0.4, 0.5) is 0 Å². The molecule has 11 heavy (non-hydrogen) atoms. The van der Waals surface area contributed by atoms with Crippen LogP contribution in [-0.2, 0) is 0 Å². The van der Waals surface area contributed by atoms with Crippen LogP contribution in [0, 0.1) is 5.92 Å². The van der Waals surface area contributed by atoms with E-state index >= 15 is 0 Å². The van der Waals surface area contributed by atoms with Crippen LogP contribution in [0.25, 0.3) is 0 Å². The predicted molar refractivity (Wildman–Crippen MR) is 45.6 cm³/mol. The van der Waals surface area contributed by atoms with Crippen molar-refractivity contribution in [1.82, 2.24) is 0 Å². The van der Waals surface area contributed by atoms with Gasteiger partial charge in [0.25, 0.3) is 0 Å². The van der Waals surface area contributed by atoms with E-state index in [4.69, 9.17) is 11.5 Å². The summed E-state index contributed by atoms with van der Waals surface area (Å²) in [6, 6.07) is 0. The van der Waals surface area contributed by atoms with Crippen LogP contribution in [0.5, 0.6) is 0 Å². The summed E-state index contributed by atoms with van der Waals surface area (Å²) in [4.78, 5) is 0. The fraction of sp³-hybridized carbons (Fsp3) is 0.333. The first-order valence-electron chi connectivity index (χ1n) is 3.87. The quantitative estimate of drug-likeness (QED) is 0.537. The van der Waals surface area contributed by atoms with Crippen LogP contribution < -0.4 is 11.5 Å². The van der Waals surface area contributed by atoms with E-state index < -0.39 is 0 Å². The standard InChI is InChI=1S/C9H12N2/c10-9(11)7-3-1-2-6-4-8(6)5-7/h1-3,5,8-9H,4,10-11H2. The van der Waals surface area contributed by atoms with E-state index in [-0.39, 0.29) is 6.17 Å². The zero-order valence-corrected chi connectivity index (χ0v) is 6.33. The number of allylic oxidation sites excluding steroid dienone is 4. The molecule has 0 bridgehead atoms. The molecule has 2 heteroatoms. The average Bonchev–Trinajstić information content (AvgIpc) is 2.59. The lowest BCUT2D eigenvalue weighted by atomic mass is 10.1. The van der Waals surface area contributed by atoms with Gasteiger partial charge in [0.15, 0.2) is 0 Å². The van der Waals surface area contributed by atoms with Gasteiger partial charge in [-0.3, -0.25) is 0 Å². The summed E-state index contributed by atoms with van der Waals surface area (Å²) < 4.78 is 0. The van der Waals surface area contributed by atoms with Crippen molar-refractivity contribution < 1.29 is 0 Å². The van der Waals surface area contributed by atoms with Crippen molar-refractivity contribution in [3.63, 3.8) is 0 Å². The highest BCUT2D eigenvalue weighted by molar-refractivity contribution is 5.42. The maximum absolute atomic E-state index is 5.55. The van der Waals surface area contributed by atoms with E-state index in [9.17, 15) is 0 Å². The smallest absolute Gasteiger partial charge is 0.0781 e. The van der Waals surface area contributed by atoms with E-state index in [1.54, 1.807) is 0 Å². The molecule has 2 aliphatic carbocycles. The highest BCUT2D eigenvalue weighted by atomic mass is 14.8. The Hall–Kier alpha value is -0.860. The molecule has 0 aromatic rings. The third-order valence-corrected chi connectivity index (χ3v) is 2.15. The van der Waals surface area contributed by atoms with E-state index in [0.717, 1.165) is 5.57 Å². The predicted octanol–water partition coefficient (Wildman–Crippen LogP) is 0.672. The second-order valence-corrected chi connectivity index (χ2v) is 3.10. The van der Waals surface area contributed by atoms with E-state index in [1.165, 1.54) is 12.0 Å². The summed E-state index contributed by atoms with van der Waals surface area (Å²) in [7, 11) is 0.